The molecule has 0 radical (unpaired) electrons. The maximum atomic E-state index is 12.7. The van der Waals surface area contributed by atoms with Gasteiger partial charge in [-0.3, -0.25) is 4.79 Å². The van der Waals surface area contributed by atoms with Crippen LogP contribution in [0.15, 0.2) is 29.2 Å². The van der Waals surface area contributed by atoms with Crippen molar-refractivity contribution in [3.8, 4) is 0 Å². The highest BCUT2D eigenvalue weighted by Gasteiger charge is 2.06. The molecule has 0 aromatic heterocycles. The van der Waals surface area contributed by atoms with E-state index in [0.29, 0.717) is 25.1 Å². The van der Waals surface area contributed by atoms with Crippen LogP contribution in [-0.2, 0) is 4.79 Å². The topological polar surface area (TPSA) is 49.3 Å². The van der Waals surface area contributed by atoms with Gasteiger partial charge in [-0.2, -0.15) is 0 Å². The van der Waals surface area contributed by atoms with E-state index < -0.39 is 6.10 Å². The fourth-order valence-electron chi connectivity index (χ4n) is 1.55. The van der Waals surface area contributed by atoms with Crippen molar-refractivity contribution in [3.05, 3.63) is 30.1 Å². The molecule has 0 heterocycles. The Labute approximate surface area is 117 Å². The van der Waals surface area contributed by atoms with Crippen LogP contribution in [0.2, 0.25) is 0 Å². The number of nitrogens with one attached hydrogen (secondary N) is 1. The van der Waals surface area contributed by atoms with Gasteiger partial charge in [0.15, 0.2) is 0 Å². The molecule has 0 saturated carbocycles. The van der Waals surface area contributed by atoms with E-state index in [1.54, 1.807) is 12.1 Å². The van der Waals surface area contributed by atoms with Crippen LogP contribution < -0.4 is 5.32 Å². The van der Waals surface area contributed by atoms with Crippen molar-refractivity contribution in [1.82, 2.24) is 5.32 Å². The Kier molecular flexibility index (Phi) is 7.52. The second-order valence-electron chi connectivity index (χ2n) is 4.30. The van der Waals surface area contributed by atoms with Crippen LogP contribution in [0, 0.1) is 5.82 Å². The molecule has 0 aliphatic carbocycles. The molecule has 1 aromatic rings. The maximum Gasteiger partial charge on any atom is 0.220 e. The Balaban J connectivity index is 2.15. The molecule has 1 rings (SSSR count). The standard InChI is InChI=1S/C14H20FNO2S/c1-2-3-12(17)10-16-14(18)8-9-19-13-6-4-11(15)5-7-13/h4-7,12,17H,2-3,8-10H2,1H3,(H,16,18). The molecule has 3 nitrogen and oxygen atoms in total. The number of carbonyl (C=O) groups is 1. The Morgan fingerprint density at radius 1 is 1.42 bits per heavy atom. The van der Waals surface area contributed by atoms with Crippen LogP contribution in [0.5, 0.6) is 0 Å². The molecule has 2 N–H and O–H groups in total. The van der Waals surface area contributed by atoms with Gasteiger partial charge in [0.2, 0.25) is 5.91 Å². The molecule has 0 spiro atoms. The number of amides is 1. The highest BCUT2D eigenvalue weighted by Crippen LogP contribution is 2.18. The van der Waals surface area contributed by atoms with Crippen molar-refractivity contribution in [2.75, 3.05) is 12.3 Å². The highest BCUT2D eigenvalue weighted by molar-refractivity contribution is 7.99. The monoisotopic (exact) mass is 285 g/mol. The van der Waals surface area contributed by atoms with E-state index in [4.69, 9.17) is 0 Å². The summed E-state index contributed by atoms with van der Waals surface area (Å²) in [6, 6.07) is 6.21. The van der Waals surface area contributed by atoms with Crippen LogP contribution >= 0.6 is 11.8 Å². The fourth-order valence-corrected chi connectivity index (χ4v) is 2.40. The Morgan fingerprint density at radius 2 is 2.11 bits per heavy atom. The average Bonchev–Trinajstić information content (AvgIpc) is 2.39. The number of aliphatic hydroxyl groups excluding tert-OH is 1. The van der Waals surface area contributed by atoms with Crippen molar-refractivity contribution in [2.24, 2.45) is 0 Å². The zero-order chi connectivity index (χ0) is 14.1. The summed E-state index contributed by atoms with van der Waals surface area (Å²) in [4.78, 5) is 12.4. The lowest BCUT2D eigenvalue weighted by Crippen LogP contribution is -2.32. The van der Waals surface area contributed by atoms with E-state index in [2.05, 4.69) is 5.32 Å². The fraction of sp³-hybridized carbons (Fsp3) is 0.500. The van der Waals surface area contributed by atoms with Crippen LogP contribution in [0.3, 0.4) is 0 Å². The summed E-state index contributed by atoms with van der Waals surface area (Å²) < 4.78 is 12.7. The van der Waals surface area contributed by atoms with E-state index in [1.165, 1.54) is 23.9 Å². The number of rotatable bonds is 8. The summed E-state index contributed by atoms with van der Waals surface area (Å²) in [6.07, 6.45) is 1.53. The summed E-state index contributed by atoms with van der Waals surface area (Å²) >= 11 is 1.51. The number of thioether (sulfide) groups is 1. The Bertz CT molecular complexity index is 384. The van der Waals surface area contributed by atoms with Gasteiger partial charge in [-0.25, -0.2) is 4.39 Å². The lowest BCUT2D eigenvalue weighted by atomic mass is 10.2. The minimum atomic E-state index is -0.460. The molecule has 1 unspecified atom stereocenters. The molecular weight excluding hydrogens is 265 g/mol. The number of benzene rings is 1. The summed E-state index contributed by atoms with van der Waals surface area (Å²) in [7, 11) is 0. The number of hydrogen-bond acceptors (Lipinski definition) is 3. The van der Waals surface area contributed by atoms with Crippen molar-refractivity contribution in [1.29, 1.82) is 0 Å². The Morgan fingerprint density at radius 3 is 2.74 bits per heavy atom. The third kappa shape index (κ3) is 7.18. The quantitative estimate of drug-likeness (QED) is 0.722. The lowest BCUT2D eigenvalue weighted by molar-refractivity contribution is -0.121. The van der Waals surface area contributed by atoms with Gasteiger partial charge in [-0.1, -0.05) is 13.3 Å². The predicted octanol–water partition coefficient (Wildman–Crippen LogP) is 2.59. The summed E-state index contributed by atoms with van der Waals surface area (Å²) in [5.41, 5.74) is 0. The lowest BCUT2D eigenvalue weighted by Gasteiger charge is -2.10. The minimum absolute atomic E-state index is 0.0650. The van der Waals surface area contributed by atoms with Crippen molar-refractivity contribution in [3.63, 3.8) is 0 Å². The summed E-state index contributed by atoms with van der Waals surface area (Å²) in [5.74, 6) is 0.318. The Hall–Kier alpha value is -1.07. The smallest absolute Gasteiger partial charge is 0.220 e. The SMILES string of the molecule is CCCC(O)CNC(=O)CCSc1ccc(F)cc1. The molecule has 0 fully saturated rings. The normalized spacial score (nSPS) is 12.2. The second-order valence-corrected chi connectivity index (χ2v) is 5.47. The molecule has 1 atom stereocenters. The molecule has 106 valence electrons. The first kappa shape index (κ1) is 16.0. The summed E-state index contributed by atoms with van der Waals surface area (Å²) in [6.45, 7) is 2.30. The first-order valence-corrected chi connectivity index (χ1v) is 7.43. The average molecular weight is 285 g/mol. The molecule has 5 heteroatoms. The molecule has 0 aliphatic rings. The second kappa shape index (κ2) is 8.93. The molecule has 19 heavy (non-hydrogen) atoms. The van der Waals surface area contributed by atoms with Crippen molar-refractivity contribution >= 4 is 17.7 Å². The van der Waals surface area contributed by atoms with Crippen LogP contribution in [0.4, 0.5) is 4.39 Å². The first-order valence-electron chi connectivity index (χ1n) is 6.45. The maximum absolute atomic E-state index is 12.7. The van der Waals surface area contributed by atoms with Crippen LogP contribution in [0.1, 0.15) is 26.2 Å². The van der Waals surface area contributed by atoms with Gasteiger partial charge >= 0.3 is 0 Å². The van der Waals surface area contributed by atoms with Gasteiger partial charge in [0.1, 0.15) is 5.82 Å². The molecular formula is C14H20FNO2S. The highest BCUT2D eigenvalue weighted by atomic mass is 32.2. The third-order valence-electron chi connectivity index (χ3n) is 2.57. The minimum Gasteiger partial charge on any atom is -0.391 e. The molecule has 1 aromatic carbocycles. The predicted molar refractivity (Wildman–Crippen MR) is 75.7 cm³/mol. The number of hydrogen-bond donors (Lipinski definition) is 2. The van der Waals surface area contributed by atoms with E-state index in [9.17, 15) is 14.3 Å². The number of halogens is 1. The van der Waals surface area contributed by atoms with E-state index in [1.807, 2.05) is 6.92 Å². The largest absolute Gasteiger partial charge is 0.391 e. The van der Waals surface area contributed by atoms with Crippen molar-refractivity contribution in [2.45, 2.75) is 37.2 Å². The van der Waals surface area contributed by atoms with Gasteiger partial charge < -0.3 is 10.4 Å². The molecule has 0 aliphatic heterocycles. The van der Waals surface area contributed by atoms with E-state index >= 15 is 0 Å². The number of aliphatic hydroxyl groups is 1. The summed E-state index contributed by atoms with van der Waals surface area (Å²) in [5, 5.41) is 12.2. The number of carbonyl (C=O) groups excluding carboxylic acids is 1. The van der Waals surface area contributed by atoms with Crippen LogP contribution in [0.25, 0.3) is 0 Å². The first-order chi connectivity index (χ1) is 9.11. The van der Waals surface area contributed by atoms with Crippen molar-refractivity contribution < 1.29 is 14.3 Å². The van der Waals surface area contributed by atoms with Crippen LogP contribution in [-0.4, -0.2) is 29.4 Å². The van der Waals surface area contributed by atoms with E-state index in [0.717, 1.165) is 11.3 Å². The zero-order valence-corrected chi connectivity index (χ0v) is 11.9. The third-order valence-corrected chi connectivity index (χ3v) is 3.58. The van der Waals surface area contributed by atoms with Gasteiger partial charge in [-0.15, -0.1) is 11.8 Å². The molecule has 1 amide bonds. The van der Waals surface area contributed by atoms with Gasteiger partial charge in [0.25, 0.3) is 0 Å². The molecule has 0 bridgehead atoms. The van der Waals surface area contributed by atoms with Gasteiger partial charge in [0.05, 0.1) is 6.10 Å². The van der Waals surface area contributed by atoms with Gasteiger partial charge in [-0.05, 0) is 30.7 Å². The molecule has 0 saturated heterocycles. The zero-order valence-electron chi connectivity index (χ0n) is 11.1. The van der Waals surface area contributed by atoms with E-state index in [-0.39, 0.29) is 11.7 Å². The van der Waals surface area contributed by atoms with Gasteiger partial charge in [0, 0.05) is 23.6 Å².